The van der Waals surface area contributed by atoms with E-state index in [0.29, 0.717) is 11.8 Å². The van der Waals surface area contributed by atoms with E-state index in [2.05, 4.69) is 10.2 Å². The van der Waals surface area contributed by atoms with Gasteiger partial charge in [-0.2, -0.15) is 0 Å². The van der Waals surface area contributed by atoms with Gasteiger partial charge in [0.25, 0.3) is 0 Å². The quantitative estimate of drug-likeness (QED) is 0.688. The van der Waals surface area contributed by atoms with Gasteiger partial charge in [-0.3, -0.25) is 0 Å². The summed E-state index contributed by atoms with van der Waals surface area (Å²) in [5.41, 5.74) is 0. The SMILES string of the molecule is COC(C)c1nnc(C2CC2)o1. The van der Waals surface area contributed by atoms with Crippen molar-refractivity contribution in [3.8, 4) is 0 Å². The Hall–Kier alpha value is -0.900. The Labute approximate surface area is 70.9 Å². The number of hydrogen-bond donors (Lipinski definition) is 0. The van der Waals surface area contributed by atoms with Crippen LogP contribution >= 0.6 is 0 Å². The largest absolute Gasteiger partial charge is 0.422 e. The number of nitrogens with zero attached hydrogens (tertiary/aromatic N) is 2. The van der Waals surface area contributed by atoms with Crippen molar-refractivity contribution in [2.45, 2.75) is 31.8 Å². The molecule has 0 amide bonds. The molecule has 1 unspecified atom stereocenters. The standard InChI is InChI=1S/C8H12N2O2/c1-5(11-2)7-9-10-8(12-7)6-3-4-6/h5-6H,3-4H2,1-2H3. The van der Waals surface area contributed by atoms with Crippen LogP contribution in [0.3, 0.4) is 0 Å². The Morgan fingerprint density at radius 1 is 1.50 bits per heavy atom. The fourth-order valence-electron chi connectivity index (χ4n) is 1.01. The molecule has 1 atom stereocenters. The van der Waals surface area contributed by atoms with E-state index in [0.717, 1.165) is 5.89 Å². The fraction of sp³-hybridized carbons (Fsp3) is 0.750. The predicted octanol–water partition coefficient (Wildman–Crippen LogP) is 1.65. The van der Waals surface area contributed by atoms with Crippen molar-refractivity contribution in [2.24, 2.45) is 0 Å². The molecule has 1 aliphatic carbocycles. The van der Waals surface area contributed by atoms with Crippen LogP contribution in [0.15, 0.2) is 4.42 Å². The highest BCUT2D eigenvalue weighted by Gasteiger charge is 2.29. The lowest BCUT2D eigenvalue weighted by molar-refractivity contribution is 0.0936. The lowest BCUT2D eigenvalue weighted by atomic mass is 10.4. The number of methoxy groups -OCH3 is 1. The summed E-state index contributed by atoms with van der Waals surface area (Å²) >= 11 is 0. The molecule has 0 spiro atoms. The van der Waals surface area contributed by atoms with Gasteiger partial charge >= 0.3 is 0 Å². The van der Waals surface area contributed by atoms with Crippen LogP contribution in [0.5, 0.6) is 0 Å². The van der Waals surface area contributed by atoms with Gasteiger partial charge in [-0.1, -0.05) is 0 Å². The van der Waals surface area contributed by atoms with Gasteiger partial charge in [-0.05, 0) is 19.8 Å². The molecule has 0 saturated heterocycles. The van der Waals surface area contributed by atoms with Crippen molar-refractivity contribution < 1.29 is 9.15 Å². The second-order valence-corrected chi connectivity index (χ2v) is 3.13. The van der Waals surface area contributed by atoms with Crippen molar-refractivity contribution in [3.05, 3.63) is 11.8 Å². The first-order chi connectivity index (χ1) is 5.81. The third-order valence-corrected chi connectivity index (χ3v) is 2.08. The van der Waals surface area contributed by atoms with E-state index < -0.39 is 0 Å². The Kier molecular flexibility index (Phi) is 1.84. The number of rotatable bonds is 3. The number of aromatic nitrogens is 2. The minimum Gasteiger partial charge on any atom is -0.422 e. The van der Waals surface area contributed by atoms with Gasteiger partial charge in [0.05, 0.1) is 0 Å². The van der Waals surface area contributed by atoms with E-state index in [9.17, 15) is 0 Å². The Morgan fingerprint density at radius 2 is 2.25 bits per heavy atom. The predicted molar refractivity (Wildman–Crippen MR) is 41.7 cm³/mol. The molecule has 0 radical (unpaired) electrons. The molecule has 4 nitrogen and oxygen atoms in total. The van der Waals surface area contributed by atoms with Crippen molar-refractivity contribution in [1.29, 1.82) is 0 Å². The minimum absolute atomic E-state index is 0.0926. The third-order valence-electron chi connectivity index (χ3n) is 2.08. The van der Waals surface area contributed by atoms with Gasteiger partial charge < -0.3 is 9.15 Å². The van der Waals surface area contributed by atoms with Crippen molar-refractivity contribution >= 4 is 0 Å². The van der Waals surface area contributed by atoms with Crippen LogP contribution < -0.4 is 0 Å². The molecule has 4 heteroatoms. The maximum Gasteiger partial charge on any atom is 0.244 e. The summed E-state index contributed by atoms with van der Waals surface area (Å²) in [4.78, 5) is 0. The third kappa shape index (κ3) is 1.34. The summed E-state index contributed by atoms with van der Waals surface area (Å²) in [5, 5.41) is 7.86. The normalized spacial score (nSPS) is 19.5. The average Bonchev–Trinajstić information content (AvgIpc) is 2.83. The van der Waals surface area contributed by atoms with Gasteiger partial charge in [-0.15, -0.1) is 10.2 Å². The van der Waals surface area contributed by atoms with E-state index in [1.807, 2.05) is 6.92 Å². The molecule has 1 saturated carbocycles. The summed E-state index contributed by atoms with van der Waals surface area (Å²) in [6.07, 6.45) is 2.27. The van der Waals surface area contributed by atoms with E-state index >= 15 is 0 Å². The minimum atomic E-state index is -0.0926. The van der Waals surface area contributed by atoms with Crippen LogP contribution in [0.4, 0.5) is 0 Å². The molecular formula is C8H12N2O2. The molecule has 0 bridgehead atoms. The van der Waals surface area contributed by atoms with Crippen molar-refractivity contribution in [3.63, 3.8) is 0 Å². The lowest BCUT2D eigenvalue weighted by Crippen LogP contribution is -1.95. The van der Waals surface area contributed by atoms with Gasteiger partial charge in [0.2, 0.25) is 11.8 Å². The zero-order valence-corrected chi connectivity index (χ0v) is 7.28. The summed E-state index contributed by atoms with van der Waals surface area (Å²) in [5.74, 6) is 1.88. The molecule has 1 aromatic heterocycles. The molecule has 1 heterocycles. The first kappa shape index (κ1) is 7.73. The Morgan fingerprint density at radius 3 is 2.83 bits per heavy atom. The van der Waals surface area contributed by atoms with Crippen molar-refractivity contribution in [2.75, 3.05) is 7.11 Å². The number of hydrogen-bond acceptors (Lipinski definition) is 4. The van der Waals surface area contributed by atoms with Crippen LogP contribution in [0.25, 0.3) is 0 Å². The molecular weight excluding hydrogens is 156 g/mol. The van der Waals surface area contributed by atoms with Crippen LogP contribution in [-0.2, 0) is 4.74 Å². The summed E-state index contributed by atoms with van der Waals surface area (Å²) in [6.45, 7) is 1.89. The second kappa shape index (κ2) is 2.86. The topological polar surface area (TPSA) is 48.2 Å². The highest BCUT2D eigenvalue weighted by Crippen LogP contribution is 2.39. The highest BCUT2D eigenvalue weighted by atomic mass is 16.5. The summed E-state index contributed by atoms with van der Waals surface area (Å²) in [6, 6.07) is 0. The lowest BCUT2D eigenvalue weighted by Gasteiger charge is -2.01. The Balaban J connectivity index is 2.12. The van der Waals surface area contributed by atoms with Gasteiger partial charge in [-0.25, -0.2) is 0 Å². The molecule has 1 aromatic rings. The molecule has 12 heavy (non-hydrogen) atoms. The van der Waals surface area contributed by atoms with E-state index in [1.54, 1.807) is 7.11 Å². The van der Waals surface area contributed by atoms with E-state index in [-0.39, 0.29) is 6.10 Å². The first-order valence-electron chi connectivity index (χ1n) is 4.17. The monoisotopic (exact) mass is 168 g/mol. The molecule has 66 valence electrons. The van der Waals surface area contributed by atoms with Crippen molar-refractivity contribution in [1.82, 2.24) is 10.2 Å². The average molecular weight is 168 g/mol. The number of ether oxygens (including phenoxy) is 1. The first-order valence-corrected chi connectivity index (χ1v) is 4.17. The summed E-state index contributed by atoms with van der Waals surface area (Å²) in [7, 11) is 1.63. The Bertz CT molecular complexity index is 268. The fourth-order valence-corrected chi connectivity index (χ4v) is 1.01. The molecule has 0 N–H and O–H groups in total. The van der Waals surface area contributed by atoms with Crippen LogP contribution in [0, 0.1) is 0 Å². The molecule has 2 rings (SSSR count). The van der Waals surface area contributed by atoms with Gasteiger partial charge in [0.15, 0.2) is 0 Å². The molecule has 0 aliphatic heterocycles. The molecule has 1 fully saturated rings. The summed E-state index contributed by atoms with van der Waals surface area (Å²) < 4.78 is 10.5. The van der Waals surface area contributed by atoms with Crippen LogP contribution in [0.1, 0.15) is 43.6 Å². The zero-order valence-electron chi connectivity index (χ0n) is 7.28. The smallest absolute Gasteiger partial charge is 0.244 e. The van der Waals surface area contributed by atoms with Crippen LogP contribution in [-0.4, -0.2) is 17.3 Å². The van der Waals surface area contributed by atoms with Gasteiger partial charge in [0, 0.05) is 13.0 Å². The molecule has 0 aromatic carbocycles. The molecule has 1 aliphatic rings. The zero-order chi connectivity index (χ0) is 8.55. The maximum atomic E-state index is 5.41. The van der Waals surface area contributed by atoms with Gasteiger partial charge in [0.1, 0.15) is 6.10 Å². The van der Waals surface area contributed by atoms with E-state index in [1.165, 1.54) is 12.8 Å². The van der Waals surface area contributed by atoms with E-state index in [4.69, 9.17) is 9.15 Å². The second-order valence-electron chi connectivity index (χ2n) is 3.13. The highest BCUT2D eigenvalue weighted by molar-refractivity contribution is 5.00. The van der Waals surface area contributed by atoms with Crippen LogP contribution in [0.2, 0.25) is 0 Å². The maximum absolute atomic E-state index is 5.41.